The van der Waals surface area contributed by atoms with E-state index in [1.54, 1.807) is 0 Å². The Balaban J connectivity index is 2.42. The van der Waals surface area contributed by atoms with Crippen LogP contribution in [0, 0.1) is 23.0 Å². The predicted octanol–water partition coefficient (Wildman–Crippen LogP) is 2.66. The molecule has 102 valence electrons. The molecule has 6 heteroatoms. The second-order valence-corrected chi connectivity index (χ2v) is 4.94. The van der Waals surface area contributed by atoms with Crippen LogP contribution >= 0.6 is 0 Å². The number of nitrogens with zero attached hydrogens (tertiary/aromatic N) is 1. The van der Waals surface area contributed by atoms with Gasteiger partial charge in [-0.2, -0.15) is 0 Å². The van der Waals surface area contributed by atoms with Crippen LogP contribution < -0.4 is 5.32 Å². The van der Waals surface area contributed by atoms with E-state index in [0.29, 0.717) is 6.54 Å². The molecule has 1 atom stereocenters. The third kappa shape index (κ3) is 2.43. The molecule has 1 unspecified atom stereocenters. The molecule has 1 aliphatic rings. The van der Waals surface area contributed by atoms with Crippen LogP contribution in [-0.4, -0.2) is 23.3 Å². The maximum atomic E-state index is 13.8. The Morgan fingerprint density at radius 1 is 1.42 bits per heavy atom. The molecule has 2 N–H and O–H groups in total. The lowest BCUT2D eigenvalue weighted by molar-refractivity contribution is 0.197. The summed E-state index contributed by atoms with van der Waals surface area (Å²) >= 11 is 0. The summed E-state index contributed by atoms with van der Waals surface area (Å²) < 4.78 is 27.1. The highest BCUT2D eigenvalue weighted by atomic mass is 19.2. The molecular formula is C13H15F2N3O. The first-order valence-corrected chi connectivity index (χ1v) is 6.01. The normalized spacial score (nSPS) is 19.2. The summed E-state index contributed by atoms with van der Waals surface area (Å²) in [5, 5.41) is 10.1. The van der Waals surface area contributed by atoms with Gasteiger partial charge < -0.3 is 4.90 Å². The summed E-state index contributed by atoms with van der Waals surface area (Å²) in [6.45, 7) is 4.19. The van der Waals surface area contributed by atoms with Gasteiger partial charge >= 0.3 is 6.03 Å². The predicted molar refractivity (Wildman–Crippen MR) is 66.9 cm³/mol. The van der Waals surface area contributed by atoms with Gasteiger partial charge in [-0.05, 0) is 12.0 Å². The first-order chi connectivity index (χ1) is 8.91. The van der Waals surface area contributed by atoms with E-state index >= 15 is 0 Å². The van der Waals surface area contributed by atoms with E-state index < -0.39 is 23.7 Å². The van der Waals surface area contributed by atoms with Crippen LogP contribution in [-0.2, 0) is 0 Å². The van der Waals surface area contributed by atoms with Gasteiger partial charge in [0.2, 0.25) is 0 Å². The van der Waals surface area contributed by atoms with E-state index in [0.717, 1.165) is 6.07 Å². The molecule has 0 spiro atoms. The zero-order valence-electron chi connectivity index (χ0n) is 10.7. The van der Waals surface area contributed by atoms with Crippen molar-refractivity contribution < 1.29 is 13.6 Å². The van der Waals surface area contributed by atoms with Crippen LogP contribution in [0.15, 0.2) is 18.2 Å². The Hall–Kier alpha value is -1.98. The molecule has 1 aromatic rings. The number of hydrogen-bond donors (Lipinski definition) is 2. The van der Waals surface area contributed by atoms with Gasteiger partial charge in [0.1, 0.15) is 11.9 Å². The summed E-state index contributed by atoms with van der Waals surface area (Å²) in [7, 11) is 0. The number of halogens is 2. The number of rotatable bonds is 3. The molecule has 0 aromatic heterocycles. The fourth-order valence-corrected chi connectivity index (χ4v) is 2.17. The maximum absolute atomic E-state index is 13.8. The highest BCUT2D eigenvalue weighted by Gasteiger charge is 2.38. The van der Waals surface area contributed by atoms with Crippen molar-refractivity contribution in [1.82, 2.24) is 10.2 Å². The van der Waals surface area contributed by atoms with Gasteiger partial charge in [0.25, 0.3) is 0 Å². The van der Waals surface area contributed by atoms with Crippen LogP contribution in [0.2, 0.25) is 0 Å². The summed E-state index contributed by atoms with van der Waals surface area (Å²) in [5.74, 6) is -1.96. The first kappa shape index (κ1) is 13.5. The quantitative estimate of drug-likeness (QED) is 0.869. The molecule has 1 aliphatic heterocycles. The largest absolute Gasteiger partial charge is 0.323 e. The van der Waals surface area contributed by atoms with Crippen molar-refractivity contribution in [2.45, 2.75) is 19.9 Å². The molecule has 4 nitrogen and oxygen atoms in total. The van der Waals surface area contributed by atoms with E-state index in [9.17, 15) is 13.6 Å². The summed E-state index contributed by atoms with van der Waals surface area (Å²) in [6.07, 6.45) is 0. The lowest BCUT2D eigenvalue weighted by Crippen LogP contribution is -2.33. The van der Waals surface area contributed by atoms with Gasteiger partial charge in [-0.1, -0.05) is 26.0 Å². The van der Waals surface area contributed by atoms with Gasteiger partial charge in [0.05, 0.1) is 0 Å². The molecule has 2 amide bonds. The smallest absolute Gasteiger partial charge is 0.310 e. The third-order valence-electron chi connectivity index (χ3n) is 2.93. The molecule has 1 aromatic carbocycles. The van der Waals surface area contributed by atoms with Crippen molar-refractivity contribution in [1.29, 1.82) is 5.41 Å². The number of amides is 2. The van der Waals surface area contributed by atoms with Gasteiger partial charge in [-0.25, -0.2) is 13.6 Å². The standard InChI is InChI=1S/C13H15F2N3O/c1-7(2)6-18-11(12(16)17-13(18)19)8-4-3-5-9(14)10(8)15/h3-5,7,11H,6H2,1-2H3,(H2,16,17,19). The lowest BCUT2D eigenvalue weighted by atomic mass is 10.0. The van der Waals surface area contributed by atoms with Gasteiger partial charge in [0, 0.05) is 12.1 Å². The van der Waals surface area contributed by atoms with Crippen LogP contribution in [0.4, 0.5) is 13.6 Å². The minimum absolute atomic E-state index is 0.00370. The molecule has 19 heavy (non-hydrogen) atoms. The SMILES string of the molecule is CC(C)CN1C(=O)NC(=N)C1c1cccc(F)c1F. The number of hydrogen-bond acceptors (Lipinski definition) is 2. The number of nitrogens with one attached hydrogen (secondary N) is 2. The molecule has 1 fully saturated rings. The minimum atomic E-state index is -1.01. The highest BCUT2D eigenvalue weighted by Crippen LogP contribution is 2.29. The fraction of sp³-hybridized carbons (Fsp3) is 0.385. The topological polar surface area (TPSA) is 56.2 Å². The number of amidine groups is 1. The van der Waals surface area contributed by atoms with E-state index in [-0.39, 0.29) is 17.3 Å². The van der Waals surface area contributed by atoms with Crippen molar-refractivity contribution in [2.24, 2.45) is 5.92 Å². The molecular weight excluding hydrogens is 252 g/mol. The first-order valence-electron chi connectivity index (χ1n) is 6.01. The minimum Gasteiger partial charge on any atom is -0.310 e. The number of carbonyl (C=O) groups excluding carboxylic acids is 1. The molecule has 0 radical (unpaired) electrons. The van der Waals surface area contributed by atoms with Crippen molar-refractivity contribution in [3.8, 4) is 0 Å². The molecule has 0 bridgehead atoms. The third-order valence-corrected chi connectivity index (χ3v) is 2.93. The van der Waals surface area contributed by atoms with Crippen LogP contribution in [0.5, 0.6) is 0 Å². The molecule has 1 heterocycles. The summed E-state index contributed by atoms with van der Waals surface area (Å²) in [6, 6.07) is 2.44. The second-order valence-electron chi connectivity index (χ2n) is 4.94. The molecule has 1 saturated heterocycles. The number of urea groups is 1. The highest BCUT2D eigenvalue weighted by molar-refractivity contribution is 6.06. The van der Waals surface area contributed by atoms with Crippen molar-refractivity contribution in [3.63, 3.8) is 0 Å². The van der Waals surface area contributed by atoms with Gasteiger partial charge in [-0.15, -0.1) is 0 Å². The molecule has 0 aliphatic carbocycles. The average molecular weight is 267 g/mol. The Morgan fingerprint density at radius 2 is 2.11 bits per heavy atom. The van der Waals surface area contributed by atoms with E-state index in [4.69, 9.17) is 5.41 Å². The van der Waals surface area contributed by atoms with Crippen molar-refractivity contribution in [2.75, 3.05) is 6.54 Å². The Bertz CT molecular complexity index is 531. The number of carbonyl (C=O) groups is 1. The Morgan fingerprint density at radius 3 is 2.74 bits per heavy atom. The maximum Gasteiger partial charge on any atom is 0.323 e. The van der Waals surface area contributed by atoms with Crippen LogP contribution in [0.1, 0.15) is 25.5 Å². The number of benzene rings is 1. The van der Waals surface area contributed by atoms with Gasteiger partial charge in [0.15, 0.2) is 11.6 Å². The molecule has 2 rings (SSSR count). The Labute approximate surface area is 109 Å². The monoisotopic (exact) mass is 267 g/mol. The zero-order chi connectivity index (χ0) is 14.2. The van der Waals surface area contributed by atoms with E-state index in [2.05, 4.69) is 5.32 Å². The zero-order valence-corrected chi connectivity index (χ0v) is 10.7. The molecule has 0 saturated carbocycles. The van der Waals surface area contributed by atoms with E-state index in [1.807, 2.05) is 13.8 Å². The fourth-order valence-electron chi connectivity index (χ4n) is 2.17. The van der Waals surface area contributed by atoms with Gasteiger partial charge in [-0.3, -0.25) is 10.7 Å². The van der Waals surface area contributed by atoms with Crippen molar-refractivity contribution >= 4 is 11.9 Å². The lowest BCUT2D eigenvalue weighted by Gasteiger charge is -2.25. The summed E-state index contributed by atoms with van der Waals surface area (Å²) in [5.41, 5.74) is 0.00370. The average Bonchev–Trinajstić information content (AvgIpc) is 2.58. The summed E-state index contributed by atoms with van der Waals surface area (Å²) in [4.78, 5) is 13.1. The van der Waals surface area contributed by atoms with E-state index in [1.165, 1.54) is 17.0 Å². The Kier molecular flexibility index (Phi) is 3.50. The van der Waals surface area contributed by atoms with Crippen molar-refractivity contribution in [3.05, 3.63) is 35.4 Å². The van der Waals surface area contributed by atoms with Crippen LogP contribution in [0.3, 0.4) is 0 Å². The van der Waals surface area contributed by atoms with Crippen LogP contribution in [0.25, 0.3) is 0 Å². The second kappa shape index (κ2) is 4.95.